The normalized spacial score (nSPS) is 15.4. The highest BCUT2D eigenvalue weighted by molar-refractivity contribution is 7.99. The molecule has 1 saturated heterocycles. The van der Waals surface area contributed by atoms with Gasteiger partial charge < -0.3 is 4.90 Å². The largest absolute Gasteiger partial charge is 0.336 e. The van der Waals surface area contributed by atoms with E-state index in [0.717, 1.165) is 31.8 Å². The maximum Gasteiger partial charge on any atom is 0.254 e. The smallest absolute Gasteiger partial charge is 0.254 e. The minimum absolute atomic E-state index is 0.0897. The van der Waals surface area contributed by atoms with Crippen LogP contribution in [-0.4, -0.2) is 59.9 Å². The summed E-state index contributed by atoms with van der Waals surface area (Å²) in [4.78, 5) is 16.5. The third kappa shape index (κ3) is 5.22. The van der Waals surface area contributed by atoms with Crippen LogP contribution in [0.5, 0.6) is 0 Å². The summed E-state index contributed by atoms with van der Waals surface area (Å²) in [6.07, 6.45) is 1.06. The molecule has 1 heterocycles. The molecule has 0 aromatic heterocycles. The molecule has 1 aliphatic rings. The number of halogens is 1. The van der Waals surface area contributed by atoms with Gasteiger partial charge in [-0.05, 0) is 43.3 Å². The Hall–Kier alpha value is -1.58. The molecule has 6 heteroatoms. The second-order valence-corrected chi connectivity index (χ2v) is 6.77. The molecule has 0 aliphatic carbocycles. The van der Waals surface area contributed by atoms with Crippen molar-refractivity contribution in [1.82, 2.24) is 9.80 Å². The van der Waals surface area contributed by atoms with Crippen LogP contribution in [-0.2, 0) is 0 Å². The average Bonchev–Trinajstić information content (AvgIpc) is 2.57. The molecule has 1 aliphatic heterocycles. The maximum absolute atomic E-state index is 13.6. The zero-order valence-corrected chi connectivity index (χ0v) is 14.2. The molecule has 1 aromatic rings. The predicted octanol–water partition coefficient (Wildman–Crippen LogP) is 2.54. The van der Waals surface area contributed by atoms with Gasteiger partial charge in [-0.15, -0.1) is 11.8 Å². The second-order valence-electron chi connectivity index (χ2n) is 5.66. The summed E-state index contributed by atoms with van der Waals surface area (Å²) in [7, 11) is 0. The molecule has 4 nitrogen and oxygen atoms in total. The first-order valence-electron chi connectivity index (χ1n) is 7.84. The Bertz CT molecular complexity index is 580. The predicted molar refractivity (Wildman–Crippen MR) is 91.0 cm³/mol. The Labute approximate surface area is 141 Å². The Morgan fingerprint density at radius 3 is 2.74 bits per heavy atom. The number of benzene rings is 1. The Morgan fingerprint density at radius 1 is 1.35 bits per heavy atom. The van der Waals surface area contributed by atoms with E-state index in [1.165, 1.54) is 6.07 Å². The van der Waals surface area contributed by atoms with Crippen molar-refractivity contribution >= 4 is 17.7 Å². The zero-order valence-electron chi connectivity index (χ0n) is 13.4. The van der Waals surface area contributed by atoms with Crippen LogP contribution in [0.4, 0.5) is 4.39 Å². The Morgan fingerprint density at radius 2 is 2.09 bits per heavy atom. The molecule has 1 aromatic carbocycles. The van der Waals surface area contributed by atoms with Gasteiger partial charge in [0, 0.05) is 31.7 Å². The van der Waals surface area contributed by atoms with E-state index in [-0.39, 0.29) is 11.7 Å². The van der Waals surface area contributed by atoms with Crippen molar-refractivity contribution < 1.29 is 9.18 Å². The van der Waals surface area contributed by atoms with E-state index < -0.39 is 0 Å². The molecule has 1 amide bonds. The van der Waals surface area contributed by atoms with E-state index in [2.05, 4.69) is 11.0 Å². The number of carbonyl (C=O) groups excluding carboxylic acids is 1. The first-order valence-corrected chi connectivity index (χ1v) is 9.00. The lowest BCUT2D eigenvalue weighted by Crippen LogP contribution is -2.48. The van der Waals surface area contributed by atoms with Gasteiger partial charge in [-0.25, -0.2) is 4.39 Å². The highest BCUT2D eigenvalue weighted by Crippen LogP contribution is 2.13. The van der Waals surface area contributed by atoms with E-state index in [9.17, 15) is 9.18 Å². The fraction of sp³-hybridized carbons (Fsp3) is 0.529. The quantitative estimate of drug-likeness (QED) is 0.750. The van der Waals surface area contributed by atoms with Crippen molar-refractivity contribution in [2.24, 2.45) is 0 Å². The molecule has 0 unspecified atom stereocenters. The van der Waals surface area contributed by atoms with Crippen molar-refractivity contribution in [2.75, 3.05) is 44.2 Å². The highest BCUT2D eigenvalue weighted by atomic mass is 32.2. The van der Waals surface area contributed by atoms with Crippen LogP contribution in [0.3, 0.4) is 0 Å². The molecule has 0 atom stereocenters. The number of hydrogen-bond acceptors (Lipinski definition) is 4. The van der Waals surface area contributed by atoms with Gasteiger partial charge in [0.15, 0.2) is 0 Å². The summed E-state index contributed by atoms with van der Waals surface area (Å²) in [6.45, 7) is 5.75. The first-order chi connectivity index (χ1) is 11.1. The van der Waals surface area contributed by atoms with Crippen LogP contribution in [0.15, 0.2) is 18.2 Å². The molecule has 0 spiro atoms. The highest BCUT2D eigenvalue weighted by Gasteiger charge is 2.22. The van der Waals surface area contributed by atoms with Crippen LogP contribution in [0.1, 0.15) is 22.3 Å². The third-order valence-corrected chi connectivity index (χ3v) is 4.92. The lowest BCUT2D eigenvalue weighted by atomic mass is 10.1. The summed E-state index contributed by atoms with van der Waals surface area (Å²) in [6, 6.07) is 6.80. The number of piperazine rings is 1. The minimum atomic E-state index is -0.329. The number of amides is 1. The molecule has 2 rings (SSSR count). The van der Waals surface area contributed by atoms with Crippen molar-refractivity contribution in [1.29, 1.82) is 5.26 Å². The maximum atomic E-state index is 13.6. The van der Waals surface area contributed by atoms with Gasteiger partial charge in [0.05, 0.1) is 11.8 Å². The van der Waals surface area contributed by atoms with Crippen molar-refractivity contribution in [3.63, 3.8) is 0 Å². The summed E-state index contributed by atoms with van der Waals surface area (Å²) < 4.78 is 13.6. The van der Waals surface area contributed by atoms with Crippen LogP contribution in [0, 0.1) is 24.1 Å². The van der Waals surface area contributed by atoms with Crippen LogP contribution >= 0.6 is 11.8 Å². The van der Waals surface area contributed by atoms with Gasteiger partial charge >= 0.3 is 0 Å². The second kappa shape index (κ2) is 8.90. The first kappa shape index (κ1) is 17.8. The molecule has 0 N–H and O–H groups in total. The average molecular weight is 335 g/mol. The van der Waals surface area contributed by atoms with Gasteiger partial charge in [0.1, 0.15) is 5.82 Å². The summed E-state index contributed by atoms with van der Waals surface area (Å²) in [5.74, 6) is 1.13. The molecule has 1 fully saturated rings. The lowest BCUT2D eigenvalue weighted by Gasteiger charge is -2.34. The SMILES string of the molecule is Cc1ccc(C(=O)N2CCN(CCCSCC#N)CC2)cc1F. The third-order valence-electron chi connectivity index (χ3n) is 4.01. The van der Waals surface area contributed by atoms with Crippen LogP contribution in [0.25, 0.3) is 0 Å². The summed E-state index contributed by atoms with van der Waals surface area (Å²) in [5.41, 5.74) is 0.982. The van der Waals surface area contributed by atoms with E-state index in [4.69, 9.17) is 5.26 Å². The van der Waals surface area contributed by atoms with Gasteiger partial charge in [0.25, 0.3) is 5.91 Å². The monoisotopic (exact) mass is 335 g/mol. The molecule has 23 heavy (non-hydrogen) atoms. The summed E-state index contributed by atoms with van der Waals surface area (Å²) >= 11 is 1.66. The Kier molecular flexibility index (Phi) is 6.87. The van der Waals surface area contributed by atoms with E-state index in [1.807, 2.05) is 0 Å². The van der Waals surface area contributed by atoms with E-state index in [1.54, 1.807) is 35.7 Å². The number of nitrogens with zero attached hydrogens (tertiary/aromatic N) is 3. The van der Waals surface area contributed by atoms with Crippen LogP contribution < -0.4 is 0 Å². The van der Waals surface area contributed by atoms with E-state index >= 15 is 0 Å². The zero-order chi connectivity index (χ0) is 16.7. The number of carbonyl (C=O) groups is 1. The minimum Gasteiger partial charge on any atom is -0.336 e. The lowest BCUT2D eigenvalue weighted by molar-refractivity contribution is 0.0637. The molecular weight excluding hydrogens is 313 g/mol. The molecule has 0 saturated carbocycles. The number of hydrogen-bond donors (Lipinski definition) is 0. The number of thioether (sulfide) groups is 1. The van der Waals surface area contributed by atoms with Crippen LogP contribution in [0.2, 0.25) is 0 Å². The van der Waals surface area contributed by atoms with Gasteiger partial charge in [-0.1, -0.05) is 6.07 Å². The Balaban J connectivity index is 1.76. The van der Waals surface area contributed by atoms with Gasteiger partial charge in [-0.2, -0.15) is 5.26 Å². The molecular formula is C17H22FN3OS. The number of aryl methyl sites for hydroxylation is 1. The number of rotatable bonds is 6. The van der Waals surface area contributed by atoms with Crippen molar-refractivity contribution in [3.8, 4) is 6.07 Å². The standard InChI is InChI=1S/C17H22FN3OS/c1-14-3-4-15(13-16(14)18)17(22)21-9-7-20(8-10-21)6-2-11-23-12-5-19/h3-4,13H,2,6-12H2,1H3. The van der Waals surface area contributed by atoms with Gasteiger partial charge in [0.2, 0.25) is 0 Å². The molecule has 0 bridgehead atoms. The van der Waals surface area contributed by atoms with Gasteiger partial charge in [-0.3, -0.25) is 9.69 Å². The fourth-order valence-corrected chi connectivity index (χ4v) is 3.16. The fourth-order valence-electron chi connectivity index (χ4n) is 2.59. The van der Waals surface area contributed by atoms with Crippen molar-refractivity contribution in [3.05, 3.63) is 35.1 Å². The number of nitriles is 1. The molecule has 124 valence electrons. The topological polar surface area (TPSA) is 47.3 Å². The molecule has 0 radical (unpaired) electrons. The van der Waals surface area contributed by atoms with E-state index in [0.29, 0.717) is 30.0 Å². The summed E-state index contributed by atoms with van der Waals surface area (Å²) in [5, 5.41) is 8.48. The van der Waals surface area contributed by atoms with Crippen molar-refractivity contribution in [2.45, 2.75) is 13.3 Å².